The molecule has 3 aromatic carbocycles. The Labute approximate surface area is 252 Å². The first-order chi connectivity index (χ1) is 21.1. The summed E-state index contributed by atoms with van der Waals surface area (Å²) in [5.41, 5.74) is 2.54. The van der Waals surface area contributed by atoms with Crippen LogP contribution in [0.25, 0.3) is 0 Å². The lowest BCUT2D eigenvalue weighted by molar-refractivity contribution is -0.137. The molecule has 2 aliphatic heterocycles. The SMILES string of the molecule is Cc1ccc([C@H]2CC(c3ccc(F)cc3)=NN2C(=O)CN(CCN2CCOCC2)C(=O)Nc2ccc(C(F)(F)F)cc2)cc1. The molecule has 0 saturated carbocycles. The quantitative estimate of drug-likeness (QED) is 0.332. The van der Waals surface area contributed by atoms with Crippen LogP contribution < -0.4 is 5.32 Å². The van der Waals surface area contributed by atoms with E-state index >= 15 is 0 Å². The second kappa shape index (κ2) is 13.6. The molecule has 2 heterocycles. The predicted octanol–water partition coefficient (Wildman–Crippen LogP) is 5.70. The van der Waals surface area contributed by atoms with E-state index in [9.17, 15) is 27.2 Å². The fourth-order valence-corrected chi connectivity index (χ4v) is 5.13. The fraction of sp³-hybridized carbons (Fsp3) is 0.344. The lowest BCUT2D eigenvalue weighted by Crippen LogP contribution is -2.47. The molecular formula is C32H33F4N5O3. The monoisotopic (exact) mass is 611 g/mol. The van der Waals surface area contributed by atoms with Gasteiger partial charge in [-0.25, -0.2) is 14.2 Å². The molecule has 12 heteroatoms. The van der Waals surface area contributed by atoms with E-state index in [-0.39, 0.29) is 24.6 Å². The molecule has 0 unspecified atom stereocenters. The zero-order valence-corrected chi connectivity index (χ0v) is 24.2. The summed E-state index contributed by atoms with van der Waals surface area (Å²) in [5.74, 6) is -0.817. The van der Waals surface area contributed by atoms with Gasteiger partial charge in [-0.2, -0.15) is 18.3 Å². The van der Waals surface area contributed by atoms with Crippen molar-refractivity contribution in [3.05, 3.63) is 101 Å². The van der Waals surface area contributed by atoms with E-state index in [1.54, 1.807) is 12.1 Å². The average Bonchev–Trinajstić information content (AvgIpc) is 3.46. The zero-order chi connectivity index (χ0) is 31.3. The molecule has 0 radical (unpaired) electrons. The molecule has 3 amide bonds. The topological polar surface area (TPSA) is 77.5 Å². The van der Waals surface area contributed by atoms with Crippen LogP contribution in [0.4, 0.5) is 28.0 Å². The largest absolute Gasteiger partial charge is 0.416 e. The third-order valence-corrected chi connectivity index (χ3v) is 7.67. The number of hydrazone groups is 1. The summed E-state index contributed by atoms with van der Waals surface area (Å²) in [4.78, 5) is 30.8. The second-order valence-electron chi connectivity index (χ2n) is 10.8. The molecule has 1 N–H and O–H groups in total. The second-order valence-corrected chi connectivity index (χ2v) is 10.8. The van der Waals surface area contributed by atoms with Crippen molar-refractivity contribution < 1.29 is 31.9 Å². The Balaban J connectivity index is 1.37. The maximum absolute atomic E-state index is 13.9. The molecule has 1 saturated heterocycles. The maximum atomic E-state index is 13.9. The summed E-state index contributed by atoms with van der Waals surface area (Å²) in [6.45, 7) is 4.78. The number of anilines is 1. The average molecular weight is 612 g/mol. The van der Waals surface area contributed by atoms with Crippen molar-refractivity contribution in [3.8, 4) is 0 Å². The van der Waals surface area contributed by atoms with Gasteiger partial charge in [0.25, 0.3) is 5.91 Å². The number of aryl methyl sites for hydroxylation is 1. The number of benzene rings is 3. The molecule has 0 aromatic heterocycles. The number of hydrogen-bond donors (Lipinski definition) is 1. The molecule has 232 valence electrons. The summed E-state index contributed by atoms with van der Waals surface area (Å²) >= 11 is 0. The van der Waals surface area contributed by atoms with E-state index < -0.39 is 29.7 Å². The number of amides is 3. The van der Waals surface area contributed by atoms with E-state index in [4.69, 9.17) is 4.74 Å². The van der Waals surface area contributed by atoms with Crippen molar-refractivity contribution in [2.24, 2.45) is 5.10 Å². The summed E-state index contributed by atoms with van der Waals surface area (Å²) < 4.78 is 58.1. The molecule has 0 spiro atoms. The number of rotatable bonds is 8. The van der Waals surface area contributed by atoms with Gasteiger partial charge in [0.05, 0.1) is 30.5 Å². The number of morpholine rings is 1. The van der Waals surface area contributed by atoms with Crippen molar-refractivity contribution in [1.29, 1.82) is 0 Å². The van der Waals surface area contributed by atoms with Gasteiger partial charge in [-0.3, -0.25) is 9.69 Å². The van der Waals surface area contributed by atoms with Crippen LogP contribution in [0, 0.1) is 12.7 Å². The Morgan fingerprint density at radius 1 is 0.977 bits per heavy atom. The first-order valence-corrected chi connectivity index (χ1v) is 14.3. The van der Waals surface area contributed by atoms with Crippen molar-refractivity contribution in [2.75, 3.05) is 51.3 Å². The van der Waals surface area contributed by atoms with E-state index in [1.165, 1.54) is 34.2 Å². The fourth-order valence-electron chi connectivity index (χ4n) is 5.13. The number of carbonyl (C=O) groups is 2. The van der Waals surface area contributed by atoms with Crippen LogP contribution in [-0.4, -0.2) is 78.4 Å². The Kier molecular flexibility index (Phi) is 9.60. The number of halogens is 4. The van der Waals surface area contributed by atoms with Gasteiger partial charge >= 0.3 is 12.2 Å². The van der Waals surface area contributed by atoms with Gasteiger partial charge in [-0.05, 0) is 54.4 Å². The highest BCUT2D eigenvalue weighted by Gasteiger charge is 2.35. The molecule has 0 bridgehead atoms. The minimum absolute atomic E-state index is 0.169. The van der Waals surface area contributed by atoms with Gasteiger partial charge in [-0.1, -0.05) is 42.0 Å². The van der Waals surface area contributed by atoms with E-state index in [2.05, 4.69) is 15.3 Å². The number of nitrogens with zero attached hydrogens (tertiary/aromatic N) is 4. The first kappa shape index (κ1) is 31.1. The van der Waals surface area contributed by atoms with Gasteiger partial charge in [0.1, 0.15) is 12.4 Å². The number of urea groups is 1. The molecule has 1 atom stereocenters. The molecule has 3 aromatic rings. The molecule has 1 fully saturated rings. The van der Waals surface area contributed by atoms with Gasteiger partial charge in [0.2, 0.25) is 0 Å². The maximum Gasteiger partial charge on any atom is 0.416 e. The van der Waals surface area contributed by atoms with E-state index in [0.29, 0.717) is 50.5 Å². The van der Waals surface area contributed by atoms with Crippen LogP contribution in [0.5, 0.6) is 0 Å². The van der Waals surface area contributed by atoms with Crippen LogP contribution in [0.3, 0.4) is 0 Å². The van der Waals surface area contributed by atoms with Crippen LogP contribution >= 0.6 is 0 Å². The van der Waals surface area contributed by atoms with Crippen LogP contribution in [0.1, 0.15) is 34.7 Å². The van der Waals surface area contributed by atoms with Gasteiger partial charge in [-0.15, -0.1) is 0 Å². The number of alkyl halides is 3. The molecule has 8 nitrogen and oxygen atoms in total. The van der Waals surface area contributed by atoms with Crippen molar-refractivity contribution in [1.82, 2.24) is 14.8 Å². The molecule has 0 aliphatic carbocycles. The van der Waals surface area contributed by atoms with E-state index in [1.807, 2.05) is 31.2 Å². The molecule has 2 aliphatic rings. The van der Waals surface area contributed by atoms with Gasteiger partial charge in [0, 0.05) is 38.3 Å². The number of ether oxygens (including phenoxy) is 1. The highest BCUT2D eigenvalue weighted by molar-refractivity contribution is 6.03. The van der Waals surface area contributed by atoms with Crippen molar-refractivity contribution >= 4 is 23.3 Å². The van der Waals surface area contributed by atoms with E-state index in [0.717, 1.165) is 23.3 Å². The van der Waals surface area contributed by atoms with Crippen molar-refractivity contribution in [2.45, 2.75) is 25.6 Å². The smallest absolute Gasteiger partial charge is 0.379 e. The summed E-state index contributed by atoms with van der Waals surface area (Å²) in [5, 5.41) is 8.63. The van der Waals surface area contributed by atoms with Gasteiger partial charge < -0.3 is 15.0 Å². The Morgan fingerprint density at radius 3 is 2.27 bits per heavy atom. The summed E-state index contributed by atoms with van der Waals surface area (Å²) in [6.07, 6.45) is -4.11. The van der Waals surface area contributed by atoms with Crippen LogP contribution in [0.2, 0.25) is 0 Å². The van der Waals surface area contributed by atoms with Gasteiger partial charge in [0.15, 0.2) is 0 Å². The predicted molar refractivity (Wildman–Crippen MR) is 158 cm³/mol. The zero-order valence-electron chi connectivity index (χ0n) is 24.2. The summed E-state index contributed by atoms with van der Waals surface area (Å²) in [7, 11) is 0. The Morgan fingerprint density at radius 2 is 1.64 bits per heavy atom. The highest BCUT2D eigenvalue weighted by Crippen LogP contribution is 2.33. The molecule has 44 heavy (non-hydrogen) atoms. The van der Waals surface area contributed by atoms with Crippen LogP contribution in [-0.2, 0) is 15.7 Å². The molecular weight excluding hydrogens is 578 g/mol. The molecule has 5 rings (SSSR count). The normalized spacial score (nSPS) is 17.3. The Hall–Kier alpha value is -4.29. The lowest BCUT2D eigenvalue weighted by Gasteiger charge is -2.31. The number of nitrogens with one attached hydrogen (secondary N) is 1. The number of carbonyl (C=O) groups excluding carboxylic acids is 2. The summed E-state index contributed by atoms with van der Waals surface area (Å²) in [6, 6.07) is 16.7. The third kappa shape index (κ3) is 7.80. The van der Waals surface area contributed by atoms with Crippen LogP contribution in [0.15, 0.2) is 77.9 Å². The standard InChI is InChI=1S/C32H33F4N5O3/c1-22-2-4-24(5-3-22)29-20-28(23-6-10-26(33)11-7-23)38-41(29)30(42)21-40(15-14-39-16-18-44-19-17-39)31(43)37-27-12-8-25(9-13-27)32(34,35)36/h2-13,29H,14-21H2,1H3,(H,37,43)/t29-/m1/s1. The number of hydrogen-bond acceptors (Lipinski definition) is 5. The minimum atomic E-state index is -4.50. The Bertz CT molecular complexity index is 1470. The van der Waals surface area contributed by atoms with Crippen molar-refractivity contribution in [3.63, 3.8) is 0 Å². The minimum Gasteiger partial charge on any atom is -0.379 e. The third-order valence-electron chi connectivity index (χ3n) is 7.67. The lowest BCUT2D eigenvalue weighted by atomic mass is 9.97. The highest BCUT2D eigenvalue weighted by atomic mass is 19.4. The first-order valence-electron chi connectivity index (χ1n) is 14.3.